The molecule has 1 spiro atoms. The average Bonchev–Trinajstić information content (AvgIpc) is 3.03. The van der Waals surface area contributed by atoms with Crippen molar-refractivity contribution in [3.63, 3.8) is 0 Å². The zero-order valence-electron chi connectivity index (χ0n) is 14.7. The van der Waals surface area contributed by atoms with Gasteiger partial charge in [-0.25, -0.2) is 0 Å². The van der Waals surface area contributed by atoms with Crippen LogP contribution in [0.5, 0.6) is 0 Å². The predicted molar refractivity (Wildman–Crippen MR) is 106 cm³/mol. The number of unbranched alkanes of at least 4 members (excludes halogenated alkanes) is 1. The summed E-state index contributed by atoms with van der Waals surface area (Å²) < 4.78 is 0.980. The largest absolute Gasteiger partial charge is 0.342 e. The maximum absolute atomic E-state index is 13.0. The number of thioether (sulfide) groups is 1. The van der Waals surface area contributed by atoms with Gasteiger partial charge in [0.2, 0.25) is 5.91 Å². The summed E-state index contributed by atoms with van der Waals surface area (Å²) in [7, 11) is 0. The Labute approximate surface area is 162 Å². The van der Waals surface area contributed by atoms with Crippen molar-refractivity contribution in [1.82, 2.24) is 9.80 Å². The molecule has 0 saturated carbocycles. The van der Waals surface area contributed by atoms with Crippen molar-refractivity contribution < 1.29 is 9.59 Å². The van der Waals surface area contributed by atoms with Crippen LogP contribution in [-0.4, -0.2) is 51.9 Å². The van der Waals surface area contributed by atoms with Crippen molar-refractivity contribution in [1.29, 1.82) is 0 Å². The van der Waals surface area contributed by atoms with Gasteiger partial charge in [0.1, 0.15) is 0 Å². The number of amides is 2. The molecule has 0 radical (unpaired) electrons. The monoisotopic (exact) mass is 424 g/mol. The third-order valence-corrected chi connectivity index (χ3v) is 7.24. The van der Waals surface area contributed by atoms with Gasteiger partial charge >= 0.3 is 0 Å². The van der Waals surface area contributed by atoms with Crippen molar-refractivity contribution in [2.75, 3.05) is 25.4 Å². The van der Waals surface area contributed by atoms with E-state index in [2.05, 4.69) is 27.8 Å². The van der Waals surface area contributed by atoms with E-state index in [0.29, 0.717) is 6.42 Å². The average molecular weight is 425 g/mol. The molecule has 25 heavy (non-hydrogen) atoms. The summed E-state index contributed by atoms with van der Waals surface area (Å²) in [4.78, 5) is 29.2. The van der Waals surface area contributed by atoms with E-state index in [-0.39, 0.29) is 16.7 Å². The lowest BCUT2D eigenvalue weighted by Gasteiger charge is -2.44. The van der Waals surface area contributed by atoms with Crippen LogP contribution in [0, 0.1) is 0 Å². The number of hydrogen-bond donors (Lipinski definition) is 0. The third-order valence-electron chi connectivity index (χ3n) is 5.16. The molecule has 0 atom stereocenters. The number of carbonyl (C=O) groups is 2. The molecular formula is C19H25BrN2O2S. The topological polar surface area (TPSA) is 40.6 Å². The van der Waals surface area contributed by atoms with Gasteiger partial charge < -0.3 is 9.80 Å². The molecule has 0 unspecified atom stereocenters. The van der Waals surface area contributed by atoms with Crippen LogP contribution in [0.25, 0.3) is 0 Å². The van der Waals surface area contributed by atoms with Crippen LogP contribution < -0.4 is 0 Å². The fraction of sp³-hybridized carbons (Fsp3) is 0.579. The van der Waals surface area contributed by atoms with E-state index in [4.69, 9.17) is 0 Å². The molecule has 3 rings (SSSR count). The van der Waals surface area contributed by atoms with Gasteiger partial charge in [0.25, 0.3) is 5.91 Å². The molecule has 0 aliphatic carbocycles. The maximum atomic E-state index is 13.0. The van der Waals surface area contributed by atoms with Crippen LogP contribution in [0.1, 0.15) is 49.4 Å². The van der Waals surface area contributed by atoms with Crippen molar-refractivity contribution in [2.45, 2.75) is 43.9 Å². The van der Waals surface area contributed by atoms with Gasteiger partial charge in [-0.3, -0.25) is 9.59 Å². The summed E-state index contributed by atoms with van der Waals surface area (Å²) in [5.41, 5.74) is 0.742. The Kier molecular flexibility index (Phi) is 6.10. The predicted octanol–water partition coefficient (Wildman–Crippen LogP) is 4.15. The highest BCUT2D eigenvalue weighted by Gasteiger charge is 2.46. The molecule has 2 amide bonds. The number of benzene rings is 1. The Morgan fingerprint density at radius 2 is 1.84 bits per heavy atom. The highest BCUT2D eigenvalue weighted by Crippen LogP contribution is 2.44. The van der Waals surface area contributed by atoms with Gasteiger partial charge in [-0.15, -0.1) is 11.8 Å². The standard InChI is InChI=1S/C19H25BrN2O2S/c1-2-3-4-17(23)21-11-9-19(10-12-21)22(13-14-25-19)18(24)15-5-7-16(20)8-6-15/h5-8H,2-4,9-14H2,1H3. The Morgan fingerprint density at radius 1 is 1.16 bits per heavy atom. The fourth-order valence-electron chi connectivity index (χ4n) is 3.65. The molecule has 2 aliphatic heterocycles. The van der Waals surface area contributed by atoms with Gasteiger partial charge in [-0.05, 0) is 43.5 Å². The highest BCUT2D eigenvalue weighted by atomic mass is 79.9. The first kappa shape index (κ1) is 18.8. The molecule has 4 nitrogen and oxygen atoms in total. The summed E-state index contributed by atoms with van der Waals surface area (Å²) in [6.07, 6.45) is 4.41. The summed E-state index contributed by atoms with van der Waals surface area (Å²) in [6, 6.07) is 7.59. The number of piperidine rings is 1. The molecular weight excluding hydrogens is 400 g/mol. The normalized spacial score (nSPS) is 19.4. The van der Waals surface area contributed by atoms with E-state index in [1.165, 1.54) is 0 Å². The van der Waals surface area contributed by atoms with Crippen LogP contribution in [0.15, 0.2) is 28.7 Å². The lowest BCUT2D eigenvalue weighted by atomic mass is 10.0. The van der Waals surface area contributed by atoms with Gasteiger partial charge in [0.05, 0.1) is 4.87 Å². The van der Waals surface area contributed by atoms with Gasteiger partial charge in [-0.1, -0.05) is 29.3 Å². The van der Waals surface area contributed by atoms with E-state index in [9.17, 15) is 9.59 Å². The number of nitrogens with zero attached hydrogens (tertiary/aromatic N) is 2. The van der Waals surface area contributed by atoms with Crippen molar-refractivity contribution in [3.8, 4) is 0 Å². The molecule has 6 heteroatoms. The Morgan fingerprint density at radius 3 is 2.48 bits per heavy atom. The number of likely N-dealkylation sites (tertiary alicyclic amines) is 1. The fourth-order valence-corrected chi connectivity index (χ4v) is 5.37. The number of halogens is 1. The molecule has 2 fully saturated rings. The zero-order chi connectivity index (χ0) is 17.9. The molecule has 1 aromatic rings. The number of rotatable bonds is 4. The first-order valence-electron chi connectivity index (χ1n) is 9.05. The highest BCUT2D eigenvalue weighted by molar-refractivity contribution is 9.10. The molecule has 0 bridgehead atoms. The Hall–Kier alpha value is -1.01. The zero-order valence-corrected chi connectivity index (χ0v) is 17.1. The molecule has 2 heterocycles. The first-order chi connectivity index (χ1) is 12.1. The number of carbonyl (C=O) groups excluding carboxylic acids is 2. The minimum atomic E-state index is -0.133. The first-order valence-corrected chi connectivity index (χ1v) is 10.8. The molecule has 0 aromatic heterocycles. The molecule has 0 N–H and O–H groups in total. The van der Waals surface area contributed by atoms with E-state index in [0.717, 1.165) is 61.1 Å². The molecule has 2 saturated heterocycles. The van der Waals surface area contributed by atoms with Gasteiger partial charge in [-0.2, -0.15) is 0 Å². The minimum Gasteiger partial charge on any atom is -0.342 e. The minimum absolute atomic E-state index is 0.114. The molecule has 2 aliphatic rings. The van der Waals surface area contributed by atoms with Crippen molar-refractivity contribution >= 4 is 39.5 Å². The van der Waals surface area contributed by atoms with Crippen LogP contribution in [-0.2, 0) is 4.79 Å². The van der Waals surface area contributed by atoms with E-state index >= 15 is 0 Å². The summed E-state index contributed by atoms with van der Waals surface area (Å²) in [6.45, 7) is 4.43. The van der Waals surface area contributed by atoms with Crippen molar-refractivity contribution in [2.24, 2.45) is 0 Å². The summed E-state index contributed by atoms with van der Waals surface area (Å²) in [5, 5.41) is 0. The summed E-state index contributed by atoms with van der Waals surface area (Å²) >= 11 is 5.31. The Balaban J connectivity index is 1.66. The van der Waals surface area contributed by atoms with E-state index in [1.54, 1.807) is 0 Å². The third kappa shape index (κ3) is 4.05. The van der Waals surface area contributed by atoms with Crippen LogP contribution >= 0.6 is 27.7 Å². The van der Waals surface area contributed by atoms with Gasteiger partial charge in [0, 0.05) is 41.8 Å². The second-order valence-corrected chi connectivity index (χ2v) is 9.12. The van der Waals surface area contributed by atoms with Gasteiger partial charge in [0.15, 0.2) is 0 Å². The lowest BCUT2D eigenvalue weighted by Crippen LogP contribution is -2.53. The lowest BCUT2D eigenvalue weighted by molar-refractivity contribution is -0.132. The number of hydrogen-bond acceptors (Lipinski definition) is 3. The quantitative estimate of drug-likeness (QED) is 0.728. The van der Waals surface area contributed by atoms with Crippen molar-refractivity contribution in [3.05, 3.63) is 34.3 Å². The second kappa shape index (κ2) is 8.12. The second-order valence-electron chi connectivity index (χ2n) is 6.74. The smallest absolute Gasteiger partial charge is 0.254 e. The van der Waals surface area contributed by atoms with E-state index < -0.39 is 0 Å². The SMILES string of the molecule is CCCCC(=O)N1CCC2(CC1)SCCN2C(=O)c1ccc(Br)cc1. The van der Waals surface area contributed by atoms with Crippen LogP contribution in [0.3, 0.4) is 0 Å². The Bertz CT molecular complexity index is 627. The molecule has 1 aromatic carbocycles. The van der Waals surface area contributed by atoms with Crippen LogP contribution in [0.2, 0.25) is 0 Å². The summed E-state index contributed by atoms with van der Waals surface area (Å²) in [5.74, 6) is 1.36. The van der Waals surface area contributed by atoms with E-state index in [1.807, 2.05) is 40.9 Å². The molecule has 136 valence electrons. The maximum Gasteiger partial charge on any atom is 0.254 e. The van der Waals surface area contributed by atoms with Crippen LogP contribution in [0.4, 0.5) is 0 Å².